The smallest absolute Gasteiger partial charge is 0.344 e. The van der Waals surface area contributed by atoms with Gasteiger partial charge < -0.3 is 14.2 Å². The number of hydrogen-bond acceptors (Lipinski definition) is 9. The highest BCUT2D eigenvalue weighted by Gasteiger charge is 2.13. The van der Waals surface area contributed by atoms with Crippen molar-refractivity contribution in [3.8, 4) is 28.8 Å². The highest BCUT2D eigenvalue weighted by molar-refractivity contribution is 5.81. The Hall–Kier alpha value is -4.65. The minimum Gasteiger partial charge on any atom is -0.490 e. The maximum absolute atomic E-state index is 12.3. The molecule has 0 saturated heterocycles. The number of rotatable bonds is 10. The highest BCUT2D eigenvalue weighted by Crippen LogP contribution is 2.28. The molecule has 0 fully saturated rings. The summed E-state index contributed by atoms with van der Waals surface area (Å²) in [6.45, 7) is 3.98. The van der Waals surface area contributed by atoms with E-state index in [1.54, 1.807) is 49.4 Å². The third-order valence-electron chi connectivity index (χ3n) is 4.38. The lowest BCUT2D eigenvalue weighted by Crippen LogP contribution is -2.16. The third-order valence-corrected chi connectivity index (χ3v) is 4.38. The molecule has 0 aliphatic rings. The van der Waals surface area contributed by atoms with Crippen LogP contribution >= 0.6 is 0 Å². The Morgan fingerprint density at radius 3 is 2.65 bits per heavy atom. The summed E-state index contributed by atoms with van der Waals surface area (Å²) in [5, 5.41) is 13.5. The molecule has 0 atom stereocenters. The van der Waals surface area contributed by atoms with E-state index < -0.39 is 11.5 Å². The van der Waals surface area contributed by atoms with E-state index in [0.717, 1.165) is 0 Å². The number of ether oxygens (including phenoxy) is 3. The van der Waals surface area contributed by atoms with Gasteiger partial charge >= 0.3 is 5.97 Å². The van der Waals surface area contributed by atoms with E-state index in [9.17, 15) is 14.9 Å². The van der Waals surface area contributed by atoms with Crippen LogP contribution in [0.15, 0.2) is 58.4 Å². The van der Waals surface area contributed by atoms with Gasteiger partial charge in [-0.1, -0.05) is 30.3 Å². The lowest BCUT2D eigenvalue weighted by atomic mass is 10.1. The number of H-pyrrole nitrogens is 1. The van der Waals surface area contributed by atoms with Gasteiger partial charge in [-0.2, -0.15) is 10.4 Å². The number of carbonyl (C=O) groups excluding carboxylic acids is 1. The molecule has 0 aliphatic carbocycles. The van der Waals surface area contributed by atoms with Crippen LogP contribution in [0.4, 0.5) is 5.95 Å². The van der Waals surface area contributed by atoms with Crippen molar-refractivity contribution < 1.29 is 19.0 Å². The number of nitrogens with one attached hydrogen (secondary N) is 2. The van der Waals surface area contributed by atoms with Gasteiger partial charge in [0.05, 0.1) is 25.1 Å². The molecule has 34 heavy (non-hydrogen) atoms. The molecule has 2 N–H and O–H groups in total. The van der Waals surface area contributed by atoms with Crippen molar-refractivity contribution in [3.63, 3.8) is 0 Å². The summed E-state index contributed by atoms with van der Waals surface area (Å²) in [6.07, 6.45) is 1.50. The van der Waals surface area contributed by atoms with Crippen molar-refractivity contribution in [2.45, 2.75) is 13.8 Å². The summed E-state index contributed by atoms with van der Waals surface area (Å²) in [4.78, 5) is 30.7. The molecule has 0 bridgehead atoms. The Kier molecular flexibility index (Phi) is 8.35. The number of aromatic amines is 1. The number of nitriles is 1. The first kappa shape index (κ1) is 24.0. The third kappa shape index (κ3) is 6.20. The molecule has 0 radical (unpaired) electrons. The number of hydrazone groups is 1. The molecule has 1 heterocycles. The van der Waals surface area contributed by atoms with Crippen LogP contribution < -0.4 is 20.5 Å². The Bertz CT molecular complexity index is 1260. The molecule has 2 aromatic carbocycles. The number of carbonyl (C=O) groups is 1. The summed E-state index contributed by atoms with van der Waals surface area (Å²) in [6, 6.07) is 15.9. The summed E-state index contributed by atoms with van der Waals surface area (Å²) in [7, 11) is 0. The predicted octanol–water partition coefficient (Wildman–Crippen LogP) is 3.10. The van der Waals surface area contributed by atoms with E-state index in [2.05, 4.69) is 20.5 Å². The fraction of sp³-hybridized carbons (Fsp3) is 0.208. The van der Waals surface area contributed by atoms with E-state index in [4.69, 9.17) is 14.2 Å². The topological polar surface area (TPSA) is 139 Å². The van der Waals surface area contributed by atoms with Crippen LogP contribution in [0.1, 0.15) is 25.0 Å². The molecule has 0 aliphatic heterocycles. The van der Waals surface area contributed by atoms with Crippen LogP contribution in [0, 0.1) is 11.3 Å². The van der Waals surface area contributed by atoms with E-state index in [1.807, 2.05) is 19.1 Å². The zero-order valence-corrected chi connectivity index (χ0v) is 18.7. The fourth-order valence-corrected chi connectivity index (χ4v) is 2.93. The average Bonchev–Trinajstić information content (AvgIpc) is 2.84. The highest BCUT2D eigenvalue weighted by atomic mass is 16.6. The van der Waals surface area contributed by atoms with Crippen LogP contribution in [0.25, 0.3) is 11.3 Å². The first-order valence-corrected chi connectivity index (χ1v) is 10.5. The molecule has 0 spiro atoms. The number of nitrogens with zero attached hydrogens (tertiary/aromatic N) is 3. The number of hydrogen-bond donors (Lipinski definition) is 2. The van der Waals surface area contributed by atoms with Gasteiger partial charge in [-0.15, -0.1) is 0 Å². The van der Waals surface area contributed by atoms with Crippen LogP contribution in [0.3, 0.4) is 0 Å². The Morgan fingerprint density at radius 2 is 1.94 bits per heavy atom. The summed E-state index contributed by atoms with van der Waals surface area (Å²) >= 11 is 0. The van der Waals surface area contributed by atoms with E-state index in [0.29, 0.717) is 29.2 Å². The van der Waals surface area contributed by atoms with Gasteiger partial charge in [0.2, 0.25) is 5.95 Å². The number of esters is 1. The quantitative estimate of drug-likeness (QED) is 0.267. The number of benzene rings is 2. The minimum atomic E-state index is -0.573. The van der Waals surface area contributed by atoms with Gasteiger partial charge in [-0.25, -0.2) is 15.2 Å². The van der Waals surface area contributed by atoms with Gasteiger partial charge in [0, 0.05) is 5.56 Å². The molecule has 3 rings (SSSR count). The van der Waals surface area contributed by atoms with Crippen molar-refractivity contribution in [1.29, 1.82) is 5.26 Å². The van der Waals surface area contributed by atoms with Crippen molar-refractivity contribution in [2.24, 2.45) is 5.10 Å². The second-order valence-corrected chi connectivity index (χ2v) is 6.72. The number of anilines is 1. The minimum absolute atomic E-state index is 0.0820. The zero-order valence-electron chi connectivity index (χ0n) is 18.7. The van der Waals surface area contributed by atoms with E-state index in [1.165, 1.54) is 6.21 Å². The molecule has 1 aromatic heterocycles. The second kappa shape index (κ2) is 11.8. The van der Waals surface area contributed by atoms with Gasteiger partial charge in [-0.3, -0.25) is 9.78 Å². The van der Waals surface area contributed by atoms with Gasteiger partial charge in [0.25, 0.3) is 5.56 Å². The molecule has 10 nitrogen and oxygen atoms in total. The van der Waals surface area contributed by atoms with Crippen LogP contribution in [0.5, 0.6) is 11.5 Å². The van der Waals surface area contributed by atoms with Crippen LogP contribution in [-0.2, 0) is 9.53 Å². The van der Waals surface area contributed by atoms with Crippen molar-refractivity contribution in [1.82, 2.24) is 9.97 Å². The molecular weight excluding hydrogens is 438 g/mol. The Labute approximate surface area is 195 Å². The standard InChI is InChI=1S/C24H23N5O5/c1-3-32-20-12-16(10-11-19(20)34-15-21(30)33-4-2)14-26-29-24-27-22(17-8-6-5-7-9-17)18(13-25)23(31)28-24/h5-12,14H,3-4,15H2,1-2H3,(H2,27,28,29,31). The zero-order chi connectivity index (χ0) is 24.3. The first-order chi connectivity index (χ1) is 16.5. The fourth-order valence-electron chi connectivity index (χ4n) is 2.93. The second-order valence-electron chi connectivity index (χ2n) is 6.72. The average molecular weight is 461 g/mol. The van der Waals surface area contributed by atoms with Crippen LogP contribution in [0.2, 0.25) is 0 Å². The molecule has 0 amide bonds. The molecule has 174 valence electrons. The lowest BCUT2D eigenvalue weighted by molar-refractivity contribution is -0.145. The SMILES string of the molecule is CCOC(=O)COc1ccc(C=NNc2nc(-c3ccccc3)c(C#N)c(=O)[nH]2)cc1OCC. The molecule has 3 aromatic rings. The van der Waals surface area contributed by atoms with Gasteiger partial charge in [0.1, 0.15) is 11.6 Å². The largest absolute Gasteiger partial charge is 0.490 e. The molecule has 0 unspecified atom stereocenters. The van der Waals surface area contributed by atoms with Crippen molar-refractivity contribution in [2.75, 3.05) is 25.2 Å². The molecule has 10 heteroatoms. The monoisotopic (exact) mass is 461 g/mol. The van der Waals surface area contributed by atoms with E-state index >= 15 is 0 Å². The summed E-state index contributed by atoms with van der Waals surface area (Å²) < 4.78 is 15.9. The van der Waals surface area contributed by atoms with Crippen molar-refractivity contribution in [3.05, 3.63) is 70.0 Å². The van der Waals surface area contributed by atoms with E-state index in [-0.39, 0.29) is 30.4 Å². The maximum atomic E-state index is 12.3. The van der Waals surface area contributed by atoms with Crippen LogP contribution in [-0.4, -0.2) is 42.0 Å². The Balaban J connectivity index is 1.78. The number of aromatic nitrogens is 2. The normalized spacial score (nSPS) is 10.5. The first-order valence-electron chi connectivity index (χ1n) is 10.5. The van der Waals surface area contributed by atoms with Gasteiger partial charge in [-0.05, 0) is 37.6 Å². The van der Waals surface area contributed by atoms with Gasteiger partial charge in [0.15, 0.2) is 18.1 Å². The maximum Gasteiger partial charge on any atom is 0.344 e. The summed E-state index contributed by atoms with van der Waals surface area (Å²) in [5.74, 6) is 0.440. The predicted molar refractivity (Wildman–Crippen MR) is 126 cm³/mol. The summed E-state index contributed by atoms with van der Waals surface area (Å²) in [5.41, 5.74) is 3.58. The Morgan fingerprint density at radius 1 is 1.15 bits per heavy atom. The molecule has 0 saturated carbocycles. The lowest BCUT2D eigenvalue weighted by Gasteiger charge is -2.12. The van der Waals surface area contributed by atoms with Crippen molar-refractivity contribution >= 4 is 18.1 Å². The molecular formula is C24H23N5O5.